The van der Waals surface area contributed by atoms with E-state index in [4.69, 9.17) is 4.74 Å². The third-order valence-corrected chi connectivity index (χ3v) is 5.21. The summed E-state index contributed by atoms with van der Waals surface area (Å²) >= 11 is 0. The van der Waals surface area contributed by atoms with Gasteiger partial charge in [0.15, 0.2) is 0 Å². The second-order valence-electron chi connectivity index (χ2n) is 6.77. The molecule has 1 aliphatic heterocycles. The molecular formula is C23H19NO. The molecule has 4 aromatic rings. The molecular weight excluding hydrogens is 306 g/mol. The van der Waals surface area contributed by atoms with E-state index in [2.05, 4.69) is 84.9 Å². The Morgan fingerprint density at radius 3 is 2.64 bits per heavy atom. The molecule has 2 heteroatoms. The highest BCUT2D eigenvalue weighted by Gasteiger charge is 2.23. The normalized spacial score (nSPS) is 16.1. The first-order valence-corrected chi connectivity index (χ1v) is 8.68. The molecule has 2 heterocycles. The smallest absolute Gasteiger partial charge is 0.143 e. The Labute approximate surface area is 147 Å². The van der Waals surface area contributed by atoms with Crippen molar-refractivity contribution in [3.8, 4) is 5.75 Å². The first kappa shape index (κ1) is 14.4. The van der Waals surface area contributed by atoms with Gasteiger partial charge in [0.2, 0.25) is 0 Å². The number of aromatic nitrogens is 1. The van der Waals surface area contributed by atoms with Gasteiger partial charge in [0.1, 0.15) is 12.4 Å². The Balaban J connectivity index is 1.77. The van der Waals surface area contributed by atoms with Gasteiger partial charge in [-0.25, -0.2) is 0 Å². The summed E-state index contributed by atoms with van der Waals surface area (Å²) in [6.45, 7) is 7.37. The van der Waals surface area contributed by atoms with Crippen LogP contribution in [-0.2, 0) is 0 Å². The molecule has 0 saturated carbocycles. The Bertz CT molecular complexity index is 1130. The molecule has 5 rings (SSSR count). The van der Waals surface area contributed by atoms with Crippen molar-refractivity contribution in [1.29, 1.82) is 0 Å². The van der Waals surface area contributed by atoms with Crippen LogP contribution in [0.5, 0.6) is 5.75 Å². The van der Waals surface area contributed by atoms with Crippen LogP contribution in [0.4, 0.5) is 0 Å². The van der Waals surface area contributed by atoms with E-state index in [1.165, 1.54) is 32.8 Å². The van der Waals surface area contributed by atoms with Gasteiger partial charge in [-0.2, -0.15) is 0 Å². The molecule has 122 valence electrons. The van der Waals surface area contributed by atoms with Gasteiger partial charge in [-0.05, 0) is 34.9 Å². The summed E-state index contributed by atoms with van der Waals surface area (Å²) in [5.74, 6) is 0.965. The highest BCUT2D eigenvalue weighted by molar-refractivity contribution is 6.04. The topological polar surface area (TPSA) is 14.2 Å². The van der Waals surface area contributed by atoms with E-state index in [0.717, 1.165) is 11.3 Å². The van der Waals surface area contributed by atoms with Gasteiger partial charge in [-0.1, -0.05) is 61.2 Å². The third-order valence-electron chi connectivity index (χ3n) is 5.21. The van der Waals surface area contributed by atoms with Gasteiger partial charge in [0.25, 0.3) is 0 Å². The number of fused-ring (bicyclic) bond motifs is 1. The average molecular weight is 325 g/mol. The molecule has 2 nitrogen and oxygen atoms in total. The van der Waals surface area contributed by atoms with Crippen LogP contribution in [0, 0.1) is 0 Å². The highest BCUT2D eigenvalue weighted by Crippen LogP contribution is 2.40. The molecule has 1 unspecified atom stereocenters. The molecule has 3 aromatic carbocycles. The molecule has 0 fully saturated rings. The highest BCUT2D eigenvalue weighted by atomic mass is 16.5. The Kier molecular flexibility index (Phi) is 3.01. The van der Waals surface area contributed by atoms with Crippen LogP contribution < -0.4 is 4.74 Å². The summed E-state index contributed by atoms with van der Waals surface area (Å²) in [5, 5.41) is 3.69. The van der Waals surface area contributed by atoms with Gasteiger partial charge in [-0.3, -0.25) is 0 Å². The number of nitrogens with zero attached hydrogens (tertiary/aromatic N) is 1. The second kappa shape index (κ2) is 5.25. The summed E-state index contributed by atoms with van der Waals surface area (Å²) in [4.78, 5) is 0. The van der Waals surface area contributed by atoms with E-state index >= 15 is 0 Å². The largest absolute Gasteiger partial charge is 0.489 e. The van der Waals surface area contributed by atoms with Crippen molar-refractivity contribution < 1.29 is 4.74 Å². The molecule has 1 aliphatic rings. The van der Waals surface area contributed by atoms with Gasteiger partial charge in [-0.15, -0.1) is 0 Å². The summed E-state index contributed by atoms with van der Waals surface area (Å²) < 4.78 is 8.26. The van der Waals surface area contributed by atoms with Crippen LogP contribution in [-0.4, -0.2) is 11.2 Å². The lowest BCUT2D eigenvalue weighted by Gasteiger charge is -2.23. The van der Waals surface area contributed by atoms with Crippen LogP contribution >= 0.6 is 0 Å². The van der Waals surface area contributed by atoms with Crippen molar-refractivity contribution in [2.75, 3.05) is 6.61 Å². The first-order valence-electron chi connectivity index (χ1n) is 8.68. The fraction of sp³-hybridized carbons (Fsp3) is 0.130. The Morgan fingerprint density at radius 2 is 1.72 bits per heavy atom. The first-order chi connectivity index (χ1) is 12.2. The van der Waals surface area contributed by atoms with Crippen LogP contribution in [0.15, 0.2) is 73.4 Å². The number of ether oxygens (including phenoxy) is 1. The van der Waals surface area contributed by atoms with E-state index in [9.17, 15) is 0 Å². The number of hydrogen-bond acceptors (Lipinski definition) is 1. The lowest BCUT2D eigenvalue weighted by Crippen LogP contribution is -2.18. The van der Waals surface area contributed by atoms with Crippen molar-refractivity contribution in [1.82, 2.24) is 4.57 Å². The van der Waals surface area contributed by atoms with Crippen molar-refractivity contribution >= 4 is 27.2 Å². The van der Waals surface area contributed by atoms with Crippen LogP contribution in [0.25, 0.3) is 27.2 Å². The standard InChI is InChI=1S/C23H19NO/c1-15-14-25-22-12-6-11-20-21(13-24(15)23(20)22)16(2)18-10-5-8-17-7-3-4-9-19(17)18/h3-13,15H,2,14H2,1H3. The third kappa shape index (κ3) is 2.04. The van der Waals surface area contributed by atoms with Crippen molar-refractivity contribution in [2.45, 2.75) is 13.0 Å². The monoisotopic (exact) mass is 325 g/mol. The number of benzene rings is 3. The lowest BCUT2D eigenvalue weighted by atomic mass is 9.94. The van der Waals surface area contributed by atoms with Crippen molar-refractivity contribution in [2.24, 2.45) is 0 Å². The van der Waals surface area contributed by atoms with Crippen LogP contribution in [0.1, 0.15) is 24.1 Å². The zero-order valence-electron chi connectivity index (χ0n) is 14.2. The molecule has 0 radical (unpaired) electrons. The number of hydrogen-bond donors (Lipinski definition) is 0. The predicted octanol–water partition coefficient (Wildman–Crippen LogP) is 5.81. The van der Waals surface area contributed by atoms with E-state index in [-0.39, 0.29) is 0 Å². The van der Waals surface area contributed by atoms with E-state index in [0.29, 0.717) is 12.6 Å². The van der Waals surface area contributed by atoms with Gasteiger partial charge in [0.05, 0.1) is 11.6 Å². The van der Waals surface area contributed by atoms with E-state index < -0.39 is 0 Å². The Morgan fingerprint density at radius 1 is 0.960 bits per heavy atom. The lowest BCUT2D eigenvalue weighted by molar-refractivity contribution is 0.248. The van der Waals surface area contributed by atoms with Gasteiger partial charge < -0.3 is 9.30 Å². The zero-order valence-corrected chi connectivity index (χ0v) is 14.2. The van der Waals surface area contributed by atoms with Gasteiger partial charge >= 0.3 is 0 Å². The molecule has 0 spiro atoms. The average Bonchev–Trinajstić information content (AvgIpc) is 3.05. The number of rotatable bonds is 2. The maximum Gasteiger partial charge on any atom is 0.143 e. The minimum absolute atomic E-state index is 0.325. The number of para-hydroxylation sites is 1. The molecule has 25 heavy (non-hydrogen) atoms. The second-order valence-corrected chi connectivity index (χ2v) is 6.77. The van der Waals surface area contributed by atoms with E-state index in [1.54, 1.807) is 0 Å². The van der Waals surface area contributed by atoms with Crippen molar-refractivity contribution in [3.63, 3.8) is 0 Å². The maximum atomic E-state index is 5.93. The minimum atomic E-state index is 0.325. The van der Waals surface area contributed by atoms with Crippen LogP contribution in [0.2, 0.25) is 0 Å². The molecule has 0 saturated heterocycles. The maximum absolute atomic E-state index is 5.93. The summed E-state index contributed by atoms with van der Waals surface area (Å²) in [5.41, 5.74) is 4.62. The Hall–Kier alpha value is -3.00. The zero-order chi connectivity index (χ0) is 17.0. The predicted molar refractivity (Wildman–Crippen MR) is 104 cm³/mol. The summed E-state index contributed by atoms with van der Waals surface area (Å²) in [6, 6.07) is 21.5. The SMILES string of the molecule is C=C(c1cccc2ccccc12)c1cn2c3c(cccc13)OCC2C. The molecule has 0 bridgehead atoms. The molecule has 0 N–H and O–H groups in total. The van der Waals surface area contributed by atoms with Gasteiger partial charge in [0, 0.05) is 17.1 Å². The molecule has 1 atom stereocenters. The quantitative estimate of drug-likeness (QED) is 0.453. The van der Waals surface area contributed by atoms with Crippen molar-refractivity contribution in [3.05, 3.63) is 84.6 Å². The molecule has 0 amide bonds. The minimum Gasteiger partial charge on any atom is -0.489 e. The summed E-state index contributed by atoms with van der Waals surface area (Å²) in [6.07, 6.45) is 2.24. The molecule has 0 aliphatic carbocycles. The van der Waals surface area contributed by atoms with E-state index in [1.807, 2.05) is 0 Å². The van der Waals surface area contributed by atoms with Crippen LogP contribution in [0.3, 0.4) is 0 Å². The summed E-state index contributed by atoms with van der Waals surface area (Å²) in [7, 11) is 0. The fourth-order valence-corrected chi connectivity index (χ4v) is 3.91. The fourth-order valence-electron chi connectivity index (χ4n) is 3.91. The molecule has 1 aromatic heterocycles.